The number of likely N-dealkylation sites (tertiary alicyclic amines) is 2. The van der Waals surface area contributed by atoms with E-state index >= 15 is 0 Å². The average molecular weight is 297 g/mol. The third kappa shape index (κ3) is 3.98. The van der Waals surface area contributed by atoms with Crippen LogP contribution in [0.1, 0.15) is 46.0 Å². The van der Waals surface area contributed by atoms with Crippen LogP contribution in [0, 0.1) is 0 Å². The van der Waals surface area contributed by atoms with Gasteiger partial charge in [-0.1, -0.05) is 13.8 Å². The second-order valence-corrected chi connectivity index (χ2v) is 7.02. The van der Waals surface area contributed by atoms with Crippen molar-refractivity contribution < 1.29 is 0 Å². The van der Waals surface area contributed by atoms with E-state index in [-0.39, 0.29) is 5.54 Å². The Labute approximate surface area is 131 Å². The number of likely N-dealkylation sites (N-methyl/N-ethyl adjacent to an activating group) is 2. The highest BCUT2D eigenvalue weighted by Gasteiger charge is 2.37. The minimum Gasteiger partial charge on any atom is -0.329 e. The van der Waals surface area contributed by atoms with E-state index in [0.717, 1.165) is 12.6 Å². The van der Waals surface area contributed by atoms with Crippen LogP contribution >= 0.6 is 0 Å². The molecule has 0 saturated carbocycles. The van der Waals surface area contributed by atoms with E-state index in [1.165, 1.54) is 71.4 Å². The van der Waals surface area contributed by atoms with Crippen molar-refractivity contribution in [2.75, 3.05) is 52.9 Å². The molecule has 124 valence electrons. The maximum absolute atomic E-state index is 6.26. The Kier molecular flexibility index (Phi) is 6.48. The maximum atomic E-state index is 6.26. The molecule has 2 unspecified atom stereocenters. The standard InChI is InChI=1S/C17H36N4/c1-4-20-11-7-9-17(15-18,10-13-20)19(3)14-16-8-6-12-21(16)5-2/h16H,4-15,18H2,1-3H3. The largest absolute Gasteiger partial charge is 0.329 e. The predicted molar refractivity (Wildman–Crippen MR) is 90.6 cm³/mol. The second-order valence-electron chi connectivity index (χ2n) is 7.02. The van der Waals surface area contributed by atoms with Crippen molar-refractivity contribution in [1.29, 1.82) is 0 Å². The number of hydrogen-bond donors (Lipinski definition) is 1. The van der Waals surface area contributed by atoms with Crippen molar-refractivity contribution in [2.24, 2.45) is 5.73 Å². The lowest BCUT2D eigenvalue weighted by molar-refractivity contribution is 0.0772. The van der Waals surface area contributed by atoms with Crippen LogP contribution in [-0.4, -0.2) is 79.1 Å². The van der Waals surface area contributed by atoms with Gasteiger partial charge in [0.15, 0.2) is 0 Å². The lowest BCUT2D eigenvalue weighted by Gasteiger charge is -2.43. The van der Waals surface area contributed by atoms with Crippen molar-refractivity contribution in [3.63, 3.8) is 0 Å². The monoisotopic (exact) mass is 296 g/mol. The SMILES string of the molecule is CCN1CCCC(CN)(N(C)CC2CCCN2CC)CC1. The second kappa shape index (κ2) is 7.91. The van der Waals surface area contributed by atoms with Crippen molar-refractivity contribution in [2.45, 2.75) is 57.5 Å². The topological polar surface area (TPSA) is 35.7 Å². The van der Waals surface area contributed by atoms with Gasteiger partial charge in [-0.05, 0) is 71.9 Å². The maximum Gasteiger partial charge on any atom is 0.0342 e. The molecular weight excluding hydrogens is 260 g/mol. The van der Waals surface area contributed by atoms with Crippen molar-refractivity contribution >= 4 is 0 Å². The highest BCUT2D eigenvalue weighted by Crippen LogP contribution is 2.29. The van der Waals surface area contributed by atoms with Crippen molar-refractivity contribution in [3.8, 4) is 0 Å². The number of hydrogen-bond acceptors (Lipinski definition) is 4. The Hall–Kier alpha value is -0.160. The quantitative estimate of drug-likeness (QED) is 0.808. The van der Waals surface area contributed by atoms with Gasteiger partial charge >= 0.3 is 0 Å². The van der Waals surface area contributed by atoms with Crippen LogP contribution in [0.25, 0.3) is 0 Å². The van der Waals surface area contributed by atoms with Crippen molar-refractivity contribution in [1.82, 2.24) is 14.7 Å². The third-order valence-electron chi connectivity index (χ3n) is 6.04. The Morgan fingerprint density at radius 1 is 1.10 bits per heavy atom. The van der Waals surface area contributed by atoms with Crippen LogP contribution in [0.2, 0.25) is 0 Å². The molecule has 0 radical (unpaired) electrons. The van der Waals surface area contributed by atoms with Crippen molar-refractivity contribution in [3.05, 3.63) is 0 Å². The first kappa shape index (κ1) is 17.2. The van der Waals surface area contributed by atoms with Gasteiger partial charge < -0.3 is 10.6 Å². The summed E-state index contributed by atoms with van der Waals surface area (Å²) in [6.45, 7) is 12.7. The summed E-state index contributed by atoms with van der Waals surface area (Å²) in [6, 6.07) is 0.744. The van der Waals surface area contributed by atoms with E-state index in [9.17, 15) is 0 Å². The molecule has 0 aromatic rings. The van der Waals surface area contributed by atoms with Crippen LogP contribution in [0.4, 0.5) is 0 Å². The molecule has 0 amide bonds. The van der Waals surface area contributed by atoms with Crippen LogP contribution in [0.15, 0.2) is 0 Å². The van der Waals surface area contributed by atoms with Gasteiger partial charge in [0.2, 0.25) is 0 Å². The summed E-state index contributed by atoms with van der Waals surface area (Å²) in [5.74, 6) is 0. The highest BCUT2D eigenvalue weighted by molar-refractivity contribution is 4.95. The summed E-state index contributed by atoms with van der Waals surface area (Å²) < 4.78 is 0. The fraction of sp³-hybridized carbons (Fsp3) is 1.00. The van der Waals surface area contributed by atoms with Gasteiger partial charge in [-0.25, -0.2) is 0 Å². The molecule has 2 fully saturated rings. The highest BCUT2D eigenvalue weighted by atomic mass is 15.3. The first-order valence-electron chi connectivity index (χ1n) is 9.03. The zero-order chi connectivity index (χ0) is 15.3. The average Bonchev–Trinajstić information content (AvgIpc) is 2.83. The lowest BCUT2D eigenvalue weighted by atomic mass is 9.88. The van der Waals surface area contributed by atoms with Gasteiger partial charge in [-0.15, -0.1) is 0 Å². The molecule has 0 bridgehead atoms. The normalized spacial score (nSPS) is 32.7. The lowest BCUT2D eigenvalue weighted by Crippen LogP contribution is -2.55. The van der Waals surface area contributed by atoms with E-state index in [1.54, 1.807) is 0 Å². The number of rotatable bonds is 6. The number of nitrogens with two attached hydrogens (primary N) is 1. The molecule has 2 saturated heterocycles. The molecule has 2 rings (SSSR count). The van der Waals surface area contributed by atoms with E-state index in [4.69, 9.17) is 5.73 Å². The van der Waals surface area contributed by atoms with E-state index in [1.807, 2.05) is 0 Å². The molecule has 0 aromatic carbocycles. The summed E-state index contributed by atoms with van der Waals surface area (Å²) in [7, 11) is 2.32. The Morgan fingerprint density at radius 3 is 2.57 bits per heavy atom. The Bertz CT molecular complexity index is 309. The molecule has 2 aliphatic heterocycles. The van der Waals surface area contributed by atoms with Gasteiger partial charge in [-0.3, -0.25) is 9.80 Å². The Morgan fingerprint density at radius 2 is 1.90 bits per heavy atom. The van der Waals surface area contributed by atoms with Gasteiger partial charge in [0, 0.05) is 24.7 Å². The zero-order valence-electron chi connectivity index (χ0n) is 14.5. The van der Waals surface area contributed by atoms with Gasteiger partial charge in [0.05, 0.1) is 0 Å². The molecule has 4 nitrogen and oxygen atoms in total. The molecule has 2 N–H and O–H groups in total. The van der Waals surface area contributed by atoms with Gasteiger partial charge in [0.25, 0.3) is 0 Å². The fourth-order valence-corrected chi connectivity index (χ4v) is 4.32. The smallest absolute Gasteiger partial charge is 0.0342 e. The van der Waals surface area contributed by atoms with Crippen LogP contribution in [0.3, 0.4) is 0 Å². The van der Waals surface area contributed by atoms with Gasteiger partial charge in [0.1, 0.15) is 0 Å². The molecule has 2 atom stereocenters. The number of nitrogens with zero attached hydrogens (tertiary/aromatic N) is 3. The molecule has 21 heavy (non-hydrogen) atoms. The summed E-state index contributed by atoms with van der Waals surface area (Å²) in [5, 5.41) is 0. The predicted octanol–water partition coefficient (Wildman–Crippen LogP) is 1.61. The zero-order valence-corrected chi connectivity index (χ0v) is 14.5. The molecule has 0 aliphatic carbocycles. The minimum atomic E-state index is 0.228. The molecular formula is C17H36N4. The Balaban J connectivity index is 1.98. The van der Waals surface area contributed by atoms with Crippen LogP contribution < -0.4 is 5.73 Å². The molecule has 2 heterocycles. The van der Waals surface area contributed by atoms with Crippen LogP contribution in [0.5, 0.6) is 0 Å². The summed E-state index contributed by atoms with van der Waals surface area (Å²) in [4.78, 5) is 7.85. The van der Waals surface area contributed by atoms with E-state index < -0.39 is 0 Å². The first-order chi connectivity index (χ1) is 10.1. The molecule has 2 aliphatic rings. The van der Waals surface area contributed by atoms with E-state index in [2.05, 4.69) is 35.6 Å². The van der Waals surface area contributed by atoms with Gasteiger partial charge in [-0.2, -0.15) is 0 Å². The first-order valence-corrected chi connectivity index (χ1v) is 9.03. The fourth-order valence-electron chi connectivity index (χ4n) is 4.32. The summed E-state index contributed by atoms with van der Waals surface area (Å²) in [5.41, 5.74) is 6.49. The summed E-state index contributed by atoms with van der Waals surface area (Å²) in [6.07, 6.45) is 6.51. The summed E-state index contributed by atoms with van der Waals surface area (Å²) >= 11 is 0. The van der Waals surface area contributed by atoms with Crippen LogP contribution in [-0.2, 0) is 0 Å². The molecule has 4 heteroatoms. The molecule has 0 aromatic heterocycles. The molecule has 0 spiro atoms. The van der Waals surface area contributed by atoms with E-state index in [0.29, 0.717) is 0 Å². The minimum absolute atomic E-state index is 0.228. The third-order valence-corrected chi connectivity index (χ3v) is 6.04.